The summed E-state index contributed by atoms with van der Waals surface area (Å²) < 4.78 is 0. The van der Waals surface area contributed by atoms with Crippen molar-refractivity contribution in [3.05, 3.63) is 42.7 Å². The fourth-order valence-electron chi connectivity index (χ4n) is 3.07. The Labute approximate surface area is 134 Å². The van der Waals surface area contributed by atoms with E-state index in [1.54, 1.807) is 6.92 Å². The van der Waals surface area contributed by atoms with Crippen molar-refractivity contribution in [2.45, 2.75) is 50.7 Å². The molecule has 0 spiro atoms. The standard InChI is InChI=1S/C19H26N2O/c1-3-4-11-19(2,22)12-8-15-21-14-6-5-10-18(21)17-9-7-13-20-16-17/h3,7,9,13,16,18,22H,1,4-6,10-11,14-15H2,2H3/p+1/t18-,19+/m1/s1. The number of aromatic nitrogens is 1. The number of rotatable bonds is 5. The van der Waals surface area contributed by atoms with Gasteiger partial charge < -0.3 is 10.0 Å². The van der Waals surface area contributed by atoms with E-state index >= 15 is 0 Å². The molecule has 1 fully saturated rings. The van der Waals surface area contributed by atoms with Gasteiger partial charge in [-0.1, -0.05) is 18.1 Å². The number of allylic oxidation sites excluding steroid dienone is 1. The average molecular weight is 299 g/mol. The largest absolute Gasteiger partial charge is 0.378 e. The van der Waals surface area contributed by atoms with Crippen LogP contribution < -0.4 is 4.90 Å². The summed E-state index contributed by atoms with van der Waals surface area (Å²) in [5.41, 5.74) is 0.394. The van der Waals surface area contributed by atoms with Crippen LogP contribution in [-0.4, -0.2) is 28.8 Å². The molecule has 0 amide bonds. The van der Waals surface area contributed by atoms with Crippen molar-refractivity contribution in [2.75, 3.05) is 13.1 Å². The van der Waals surface area contributed by atoms with Gasteiger partial charge >= 0.3 is 0 Å². The maximum absolute atomic E-state index is 10.2. The molecule has 118 valence electrons. The van der Waals surface area contributed by atoms with Crippen LogP contribution in [0, 0.1) is 11.8 Å². The summed E-state index contributed by atoms with van der Waals surface area (Å²) in [6, 6.07) is 4.65. The van der Waals surface area contributed by atoms with E-state index in [2.05, 4.69) is 29.5 Å². The van der Waals surface area contributed by atoms with E-state index in [1.165, 1.54) is 29.7 Å². The Morgan fingerprint density at radius 3 is 3.14 bits per heavy atom. The van der Waals surface area contributed by atoms with Gasteiger partial charge in [-0.15, -0.1) is 6.58 Å². The molecule has 1 aromatic rings. The van der Waals surface area contributed by atoms with Gasteiger partial charge in [0.15, 0.2) is 0 Å². The van der Waals surface area contributed by atoms with Crippen LogP contribution in [0.4, 0.5) is 0 Å². The maximum atomic E-state index is 10.2. The molecule has 3 atom stereocenters. The molecule has 22 heavy (non-hydrogen) atoms. The van der Waals surface area contributed by atoms with Gasteiger partial charge in [-0.25, -0.2) is 0 Å². The monoisotopic (exact) mass is 299 g/mol. The van der Waals surface area contributed by atoms with Crippen molar-refractivity contribution >= 4 is 0 Å². The number of likely N-dealkylation sites (tertiary alicyclic amines) is 1. The molecule has 1 unspecified atom stereocenters. The number of nitrogens with one attached hydrogen (secondary N) is 1. The summed E-state index contributed by atoms with van der Waals surface area (Å²) in [6.45, 7) is 7.40. The molecule has 1 aromatic heterocycles. The lowest BCUT2D eigenvalue weighted by Gasteiger charge is -2.31. The highest BCUT2D eigenvalue weighted by Gasteiger charge is 2.27. The van der Waals surface area contributed by atoms with Gasteiger partial charge in [0.1, 0.15) is 18.2 Å². The summed E-state index contributed by atoms with van der Waals surface area (Å²) >= 11 is 0. The summed E-state index contributed by atoms with van der Waals surface area (Å²) in [6.07, 6.45) is 10.8. The molecule has 0 saturated carbocycles. The lowest BCUT2D eigenvalue weighted by Crippen LogP contribution is -3.13. The van der Waals surface area contributed by atoms with Gasteiger partial charge in [-0.3, -0.25) is 4.98 Å². The first-order chi connectivity index (χ1) is 10.6. The van der Waals surface area contributed by atoms with E-state index in [0.717, 1.165) is 19.5 Å². The van der Waals surface area contributed by atoms with E-state index in [4.69, 9.17) is 0 Å². The lowest BCUT2D eigenvalue weighted by molar-refractivity contribution is -0.930. The number of aliphatic hydroxyl groups is 1. The molecule has 1 saturated heterocycles. The van der Waals surface area contributed by atoms with Gasteiger partial charge in [-0.2, -0.15) is 0 Å². The van der Waals surface area contributed by atoms with Gasteiger partial charge in [0.2, 0.25) is 0 Å². The smallest absolute Gasteiger partial charge is 0.139 e. The molecule has 1 aliphatic rings. The van der Waals surface area contributed by atoms with Crippen LogP contribution in [0.5, 0.6) is 0 Å². The summed E-state index contributed by atoms with van der Waals surface area (Å²) in [5, 5.41) is 10.2. The van der Waals surface area contributed by atoms with Crippen LogP contribution in [0.3, 0.4) is 0 Å². The molecule has 2 N–H and O–H groups in total. The van der Waals surface area contributed by atoms with Crippen molar-refractivity contribution in [3.63, 3.8) is 0 Å². The minimum Gasteiger partial charge on any atom is -0.378 e. The molecule has 3 heteroatoms. The third kappa shape index (κ3) is 4.98. The summed E-state index contributed by atoms with van der Waals surface area (Å²) in [5.74, 6) is 6.25. The Morgan fingerprint density at radius 1 is 1.55 bits per heavy atom. The minimum atomic E-state index is -0.910. The Bertz CT molecular complexity index is 527. The first-order valence-electron chi connectivity index (χ1n) is 8.20. The lowest BCUT2D eigenvalue weighted by atomic mass is 9.96. The first-order valence-corrected chi connectivity index (χ1v) is 8.20. The van der Waals surface area contributed by atoms with Gasteiger partial charge in [-0.05, 0) is 44.6 Å². The third-order valence-electron chi connectivity index (χ3n) is 4.33. The van der Waals surface area contributed by atoms with Crippen LogP contribution in [0.1, 0.15) is 50.6 Å². The van der Waals surface area contributed by atoms with E-state index in [0.29, 0.717) is 12.5 Å². The molecule has 1 aliphatic heterocycles. The number of pyridine rings is 1. The quantitative estimate of drug-likeness (QED) is 0.644. The van der Waals surface area contributed by atoms with Gasteiger partial charge in [0.25, 0.3) is 0 Å². The van der Waals surface area contributed by atoms with Crippen molar-refractivity contribution in [2.24, 2.45) is 0 Å². The second-order valence-corrected chi connectivity index (χ2v) is 6.32. The SMILES string of the molecule is C=CCC[C@](C)(O)C#CC[NH+]1CCCC[C@@H]1c1cccnc1. The van der Waals surface area contributed by atoms with Crippen LogP contribution in [0.15, 0.2) is 37.2 Å². The van der Waals surface area contributed by atoms with E-state index in [9.17, 15) is 5.11 Å². The minimum absolute atomic E-state index is 0.481. The number of hydrogen-bond donors (Lipinski definition) is 2. The fraction of sp³-hybridized carbons (Fsp3) is 0.526. The summed E-state index contributed by atoms with van der Waals surface area (Å²) in [7, 11) is 0. The zero-order valence-electron chi connectivity index (χ0n) is 13.5. The van der Waals surface area contributed by atoms with Crippen LogP contribution in [0.25, 0.3) is 0 Å². The predicted octanol–water partition coefficient (Wildman–Crippen LogP) is 1.91. The van der Waals surface area contributed by atoms with E-state index in [1.807, 2.05) is 24.5 Å². The topological polar surface area (TPSA) is 37.6 Å². The maximum Gasteiger partial charge on any atom is 0.139 e. The first kappa shape index (κ1) is 16.7. The van der Waals surface area contributed by atoms with Gasteiger partial charge in [0, 0.05) is 24.4 Å². The normalized spacial score (nSPS) is 23.9. The average Bonchev–Trinajstić information content (AvgIpc) is 2.54. The highest BCUT2D eigenvalue weighted by Crippen LogP contribution is 2.18. The summed E-state index contributed by atoms with van der Waals surface area (Å²) in [4.78, 5) is 5.74. The third-order valence-corrected chi connectivity index (χ3v) is 4.33. The van der Waals surface area contributed by atoms with Crippen molar-refractivity contribution < 1.29 is 10.0 Å². The highest BCUT2D eigenvalue weighted by atomic mass is 16.3. The molecule has 0 aromatic carbocycles. The number of piperidine rings is 1. The van der Waals surface area contributed by atoms with Crippen molar-refractivity contribution in [1.82, 2.24) is 4.98 Å². The van der Waals surface area contributed by atoms with Crippen molar-refractivity contribution in [1.29, 1.82) is 0 Å². The van der Waals surface area contributed by atoms with E-state index in [-0.39, 0.29) is 0 Å². The second-order valence-electron chi connectivity index (χ2n) is 6.32. The zero-order valence-corrected chi connectivity index (χ0v) is 13.5. The van der Waals surface area contributed by atoms with Gasteiger partial charge in [0.05, 0.1) is 6.54 Å². The van der Waals surface area contributed by atoms with E-state index < -0.39 is 5.60 Å². The predicted molar refractivity (Wildman–Crippen MR) is 89.4 cm³/mol. The number of nitrogens with zero attached hydrogens (tertiary/aromatic N) is 1. The molecule has 0 aliphatic carbocycles. The second kappa shape index (κ2) is 8.12. The Kier molecular flexibility index (Phi) is 6.18. The molecular formula is C19H27N2O+. The Balaban J connectivity index is 1.99. The molecule has 0 bridgehead atoms. The van der Waals surface area contributed by atoms with Crippen molar-refractivity contribution in [3.8, 4) is 11.8 Å². The number of quaternary nitrogens is 1. The molecule has 2 rings (SSSR count). The fourth-order valence-corrected chi connectivity index (χ4v) is 3.07. The highest BCUT2D eigenvalue weighted by molar-refractivity contribution is 5.14. The van der Waals surface area contributed by atoms with Crippen LogP contribution in [-0.2, 0) is 0 Å². The number of hydrogen-bond acceptors (Lipinski definition) is 2. The van der Waals surface area contributed by atoms with Crippen LogP contribution in [0.2, 0.25) is 0 Å². The molecule has 0 radical (unpaired) electrons. The molecular weight excluding hydrogens is 272 g/mol. The van der Waals surface area contributed by atoms with Crippen LogP contribution >= 0.6 is 0 Å². The Hall–Kier alpha value is -1.63. The Morgan fingerprint density at radius 2 is 2.41 bits per heavy atom. The molecule has 2 heterocycles. The molecule has 3 nitrogen and oxygen atoms in total. The zero-order chi connectivity index (χ0) is 15.8.